The van der Waals surface area contributed by atoms with Gasteiger partial charge in [0, 0.05) is 24.9 Å². The van der Waals surface area contributed by atoms with Crippen LogP contribution in [0.3, 0.4) is 0 Å². The van der Waals surface area contributed by atoms with Crippen LogP contribution in [0.15, 0.2) is 18.2 Å². The van der Waals surface area contributed by atoms with Crippen molar-refractivity contribution in [1.82, 2.24) is 5.32 Å². The monoisotopic (exact) mass is 276 g/mol. The highest BCUT2D eigenvalue weighted by Crippen LogP contribution is 2.13. The molecule has 110 valence electrons. The Labute approximate surface area is 120 Å². The number of carbonyl (C=O) groups is 2. The molecule has 4 heteroatoms. The van der Waals surface area contributed by atoms with Gasteiger partial charge in [0.2, 0.25) is 5.91 Å². The molecule has 0 radical (unpaired) electrons. The third-order valence-corrected chi connectivity index (χ3v) is 3.32. The van der Waals surface area contributed by atoms with Crippen LogP contribution in [0, 0.1) is 19.8 Å². The summed E-state index contributed by atoms with van der Waals surface area (Å²) in [5.74, 6) is 0.186. The molecule has 4 nitrogen and oxygen atoms in total. The predicted octanol–water partition coefficient (Wildman–Crippen LogP) is 1.98. The van der Waals surface area contributed by atoms with Crippen LogP contribution in [0.4, 0.5) is 0 Å². The van der Waals surface area contributed by atoms with Crippen molar-refractivity contribution in [3.05, 3.63) is 34.9 Å². The smallest absolute Gasteiger partial charge is 0.220 e. The van der Waals surface area contributed by atoms with Crippen LogP contribution >= 0.6 is 0 Å². The van der Waals surface area contributed by atoms with Gasteiger partial charge in [0.1, 0.15) is 0 Å². The SMILES string of the molecule is Cc1ccc(C)c(C(=O)CCC(=O)NCC(C)CN)c1. The number of hydrogen-bond acceptors (Lipinski definition) is 3. The highest BCUT2D eigenvalue weighted by Gasteiger charge is 2.12. The molecule has 0 aliphatic heterocycles. The van der Waals surface area contributed by atoms with Crippen LogP contribution in [0.1, 0.15) is 41.3 Å². The van der Waals surface area contributed by atoms with Gasteiger partial charge in [-0.1, -0.05) is 24.6 Å². The molecule has 1 rings (SSSR count). The van der Waals surface area contributed by atoms with Gasteiger partial charge in [0.25, 0.3) is 0 Å². The summed E-state index contributed by atoms with van der Waals surface area (Å²) in [7, 11) is 0. The van der Waals surface area contributed by atoms with Crippen LogP contribution in [-0.4, -0.2) is 24.8 Å². The fourth-order valence-electron chi connectivity index (χ4n) is 1.86. The minimum Gasteiger partial charge on any atom is -0.356 e. The van der Waals surface area contributed by atoms with Crippen molar-refractivity contribution >= 4 is 11.7 Å². The second-order valence-corrected chi connectivity index (χ2v) is 5.39. The maximum atomic E-state index is 12.1. The lowest BCUT2D eigenvalue weighted by Crippen LogP contribution is -2.31. The standard InChI is InChI=1S/C16H24N2O2/c1-11-4-5-13(3)14(8-11)15(19)6-7-16(20)18-10-12(2)9-17/h4-5,8,12H,6-7,9-10,17H2,1-3H3,(H,18,20). The first-order valence-electron chi connectivity index (χ1n) is 7.01. The van der Waals surface area contributed by atoms with Crippen molar-refractivity contribution in [2.75, 3.05) is 13.1 Å². The second-order valence-electron chi connectivity index (χ2n) is 5.39. The molecule has 0 aliphatic carbocycles. The number of Topliss-reactive ketones (excluding diaryl/α,β-unsaturated/α-hetero) is 1. The molecule has 1 aromatic carbocycles. The zero-order chi connectivity index (χ0) is 15.1. The van der Waals surface area contributed by atoms with Gasteiger partial charge in [-0.15, -0.1) is 0 Å². The number of nitrogens with two attached hydrogens (primary N) is 1. The molecule has 3 N–H and O–H groups in total. The number of carbonyl (C=O) groups excluding carboxylic acids is 2. The van der Waals surface area contributed by atoms with Crippen LogP contribution in [-0.2, 0) is 4.79 Å². The number of amides is 1. The van der Waals surface area contributed by atoms with E-state index in [1.165, 1.54) is 0 Å². The minimum absolute atomic E-state index is 0.0215. The van der Waals surface area contributed by atoms with Gasteiger partial charge in [-0.2, -0.15) is 0 Å². The molecule has 0 fully saturated rings. The number of benzene rings is 1. The van der Waals surface area contributed by atoms with Gasteiger partial charge in [0.15, 0.2) is 5.78 Å². The van der Waals surface area contributed by atoms with E-state index in [0.29, 0.717) is 18.7 Å². The molecular weight excluding hydrogens is 252 g/mol. The molecule has 0 bridgehead atoms. The third kappa shape index (κ3) is 5.13. The van der Waals surface area contributed by atoms with E-state index >= 15 is 0 Å². The first-order valence-corrected chi connectivity index (χ1v) is 7.01. The van der Waals surface area contributed by atoms with Crippen LogP contribution < -0.4 is 11.1 Å². The lowest BCUT2D eigenvalue weighted by molar-refractivity contribution is -0.121. The van der Waals surface area contributed by atoms with Gasteiger partial charge >= 0.3 is 0 Å². The highest BCUT2D eigenvalue weighted by molar-refractivity contribution is 5.99. The van der Waals surface area contributed by atoms with E-state index in [-0.39, 0.29) is 30.4 Å². The van der Waals surface area contributed by atoms with Crippen molar-refractivity contribution in [2.45, 2.75) is 33.6 Å². The van der Waals surface area contributed by atoms with E-state index in [1.807, 2.05) is 39.0 Å². The zero-order valence-electron chi connectivity index (χ0n) is 12.5. The number of ketones is 1. The lowest BCUT2D eigenvalue weighted by Gasteiger charge is -2.10. The van der Waals surface area contributed by atoms with Gasteiger partial charge in [0.05, 0.1) is 0 Å². The van der Waals surface area contributed by atoms with Gasteiger partial charge in [-0.05, 0) is 37.9 Å². The Morgan fingerprint density at radius 2 is 1.95 bits per heavy atom. The van der Waals surface area contributed by atoms with Crippen molar-refractivity contribution in [3.8, 4) is 0 Å². The Morgan fingerprint density at radius 3 is 2.60 bits per heavy atom. The summed E-state index contributed by atoms with van der Waals surface area (Å²) >= 11 is 0. The van der Waals surface area contributed by atoms with E-state index in [0.717, 1.165) is 11.1 Å². The fraction of sp³-hybridized carbons (Fsp3) is 0.500. The molecule has 0 aromatic heterocycles. The minimum atomic E-state index is -0.0936. The number of nitrogens with one attached hydrogen (secondary N) is 1. The molecule has 0 aliphatic rings. The zero-order valence-corrected chi connectivity index (χ0v) is 12.5. The Hall–Kier alpha value is -1.68. The molecule has 1 amide bonds. The van der Waals surface area contributed by atoms with E-state index in [2.05, 4.69) is 5.32 Å². The van der Waals surface area contributed by atoms with Crippen LogP contribution in [0.5, 0.6) is 0 Å². The first-order chi connectivity index (χ1) is 9.43. The molecule has 0 saturated carbocycles. The summed E-state index contributed by atoms with van der Waals surface area (Å²) < 4.78 is 0. The number of rotatable bonds is 7. The Kier molecular flexibility index (Phi) is 6.39. The number of hydrogen-bond donors (Lipinski definition) is 2. The maximum absolute atomic E-state index is 12.1. The molecule has 0 spiro atoms. The van der Waals surface area contributed by atoms with Gasteiger partial charge in [-0.25, -0.2) is 0 Å². The second kappa shape index (κ2) is 7.80. The maximum Gasteiger partial charge on any atom is 0.220 e. The summed E-state index contributed by atoms with van der Waals surface area (Å²) in [6.07, 6.45) is 0.469. The van der Waals surface area contributed by atoms with Crippen molar-refractivity contribution in [2.24, 2.45) is 11.7 Å². The predicted molar refractivity (Wildman–Crippen MR) is 80.7 cm³/mol. The third-order valence-electron chi connectivity index (χ3n) is 3.32. The topological polar surface area (TPSA) is 72.2 Å². The van der Waals surface area contributed by atoms with E-state index in [1.54, 1.807) is 0 Å². The van der Waals surface area contributed by atoms with Crippen molar-refractivity contribution in [1.29, 1.82) is 0 Å². The van der Waals surface area contributed by atoms with E-state index in [9.17, 15) is 9.59 Å². The normalized spacial score (nSPS) is 12.0. The molecule has 1 atom stereocenters. The molecular formula is C16H24N2O2. The summed E-state index contributed by atoms with van der Waals surface area (Å²) in [5.41, 5.74) is 8.21. The largest absolute Gasteiger partial charge is 0.356 e. The summed E-state index contributed by atoms with van der Waals surface area (Å²) in [4.78, 5) is 23.8. The summed E-state index contributed by atoms with van der Waals surface area (Å²) in [6, 6.07) is 5.80. The quantitative estimate of drug-likeness (QED) is 0.748. The average molecular weight is 276 g/mol. The summed E-state index contributed by atoms with van der Waals surface area (Å²) in [5, 5.41) is 2.80. The van der Waals surface area contributed by atoms with E-state index < -0.39 is 0 Å². The van der Waals surface area contributed by atoms with Crippen molar-refractivity contribution < 1.29 is 9.59 Å². The molecule has 0 saturated heterocycles. The summed E-state index contributed by atoms with van der Waals surface area (Å²) in [6.45, 7) is 6.95. The fourth-order valence-corrected chi connectivity index (χ4v) is 1.86. The molecule has 1 aromatic rings. The first kappa shape index (κ1) is 16.4. The Balaban J connectivity index is 2.47. The van der Waals surface area contributed by atoms with Gasteiger partial charge < -0.3 is 11.1 Å². The Bertz CT molecular complexity index is 483. The van der Waals surface area contributed by atoms with E-state index in [4.69, 9.17) is 5.73 Å². The van der Waals surface area contributed by atoms with Gasteiger partial charge in [-0.3, -0.25) is 9.59 Å². The Morgan fingerprint density at radius 1 is 1.25 bits per heavy atom. The average Bonchev–Trinajstić information content (AvgIpc) is 2.44. The van der Waals surface area contributed by atoms with Crippen LogP contribution in [0.2, 0.25) is 0 Å². The molecule has 20 heavy (non-hydrogen) atoms. The van der Waals surface area contributed by atoms with Crippen molar-refractivity contribution in [3.63, 3.8) is 0 Å². The number of aryl methyl sites for hydroxylation is 2. The lowest BCUT2D eigenvalue weighted by atomic mass is 9.99. The van der Waals surface area contributed by atoms with Crippen LogP contribution in [0.25, 0.3) is 0 Å². The molecule has 1 unspecified atom stereocenters. The molecule has 0 heterocycles. The highest BCUT2D eigenvalue weighted by atomic mass is 16.2.